The van der Waals surface area contributed by atoms with E-state index in [9.17, 15) is 9.59 Å². The van der Waals surface area contributed by atoms with Gasteiger partial charge in [-0.05, 0) is 32.0 Å². The van der Waals surface area contributed by atoms with Crippen molar-refractivity contribution >= 4 is 28.8 Å². The maximum atomic E-state index is 12.7. The number of esters is 1. The molecule has 2 aliphatic heterocycles. The first kappa shape index (κ1) is 18.3. The first-order valence-electron chi connectivity index (χ1n) is 8.15. The molecule has 7 nitrogen and oxygen atoms in total. The number of carbonyl (C=O) groups is 2. The lowest BCUT2D eigenvalue weighted by atomic mass is 9.95. The third kappa shape index (κ3) is 3.05. The van der Waals surface area contributed by atoms with Crippen molar-refractivity contribution in [1.82, 2.24) is 4.90 Å². The van der Waals surface area contributed by atoms with Crippen LogP contribution >= 0.6 is 11.8 Å². The Kier molecular flexibility index (Phi) is 5.22. The number of allylic oxidation sites excluding steroid dienone is 1. The second kappa shape index (κ2) is 7.41. The molecule has 0 radical (unpaired) electrons. The van der Waals surface area contributed by atoms with Gasteiger partial charge in [0.15, 0.2) is 5.17 Å². The molecule has 8 heteroatoms. The molecule has 2 aliphatic rings. The van der Waals surface area contributed by atoms with Gasteiger partial charge in [-0.15, -0.1) is 0 Å². The van der Waals surface area contributed by atoms with Crippen LogP contribution in [0.4, 0.5) is 0 Å². The summed E-state index contributed by atoms with van der Waals surface area (Å²) in [6.45, 7) is 3.71. The summed E-state index contributed by atoms with van der Waals surface area (Å²) in [6.07, 6.45) is 0. The van der Waals surface area contributed by atoms with Crippen molar-refractivity contribution in [3.8, 4) is 11.5 Å². The minimum atomic E-state index is -0.635. The summed E-state index contributed by atoms with van der Waals surface area (Å²) in [5.74, 6) is 0.919. The topological polar surface area (TPSA) is 77.4 Å². The van der Waals surface area contributed by atoms with Gasteiger partial charge in [0.2, 0.25) is 5.91 Å². The monoisotopic (exact) mass is 376 g/mol. The molecular formula is C18H20N2O5S. The fourth-order valence-electron chi connectivity index (χ4n) is 3.03. The average Bonchev–Trinajstić information content (AvgIpc) is 3.02. The molecule has 0 saturated carbocycles. The molecular weight excluding hydrogens is 356 g/mol. The van der Waals surface area contributed by atoms with E-state index in [1.165, 1.54) is 16.7 Å². The summed E-state index contributed by atoms with van der Waals surface area (Å²) in [5, 5.41) is 0.579. The highest BCUT2D eigenvalue weighted by molar-refractivity contribution is 8.15. The van der Waals surface area contributed by atoms with Crippen molar-refractivity contribution in [1.29, 1.82) is 0 Å². The number of methoxy groups -OCH3 is 2. The highest BCUT2D eigenvalue weighted by Crippen LogP contribution is 2.43. The van der Waals surface area contributed by atoms with Crippen molar-refractivity contribution in [2.75, 3.05) is 26.6 Å². The highest BCUT2D eigenvalue weighted by Gasteiger charge is 2.41. The number of thioether (sulfide) groups is 1. The molecule has 0 aromatic heterocycles. The lowest BCUT2D eigenvalue weighted by molar-refractivity contribution is -0.139. The third-order valence-electron chi connectivity index (χ3n) is 4.23. The smallest absolute Gasteiger partial charge is 0.338 e. The molecule has 0 aliphatic carbocycles. The SMILES string of the molecule is CCOC(=O)C1=C(C)N2C(=O)CSC2=NC1c1cc(OC)ccc1OC. The number of amides is 1. The number of amidine groups is 1. The molecule has 1 aromatic carbocycles. The van der Waals surface area contributed by atoms with Crippen LogP contribution in [0, 0.1) is 0 Å². The van der Waals surface area contributed by atoms with Crippen molar-refractivity contribution in [3.05, 3.63) is 35.0 Å². The molecule has 0 bridgehead atoms. The number of nitrogens with zero attached hydrogens (tertiary/aromatic N) is 2. The number of carbonyl (C=O) groups excluding carboxylic acids is 2. The maximum Gasteiger partial charge on any atom is 0.338 e. The molecule has 3 rings (SSSR count). The van der Waals surface area contributed by atoms with E-state index in [0.29, 0.717) is 39.3 Å². The predicted octanol–water partition coefficient (Wildman–Crippen LogP) is 2.53. The number of hydrogen-bond acceptors (Lipinski definition) is 7. The summed E-state index contributed by atoms with van der Waals surface area (Å²) in [7, 11) is 3.13. The van der Waals surface area contributed by atoms with E-state index < -0.39 is 12.0 Å². The van der Waals surface area contributed by atoms with Gasteiger partial charge in [-0.25, -0.2) is 9.79 Å². The van der Waals surface area contributed by atoms with Crippen molar-refractivity contribution in [2.45, 2.75) is 19.9 Å². The number of fused-ring (bicyclic) bond motifs is 1. The van der Waals surface area contributed by atoms with Crippen LogP contribution in [-0.4, -0.2) is 48.5 Å². The molecule has 1 saturated heterocycles. The zero-order valence-electron chi connectivity index (χ0n) is 15.1. The normalized spacial score (nSPS) is 19.2. The standard InChI is InChI=1S/C18H20N2O5S/c1-5-25-17(22)15-10(2)20-14(21)9-26-18(20)19-16(15)12-8-11(23-3)6-7-13(12)24-4/h6-8,16H,5,9H2,1-4H3. The number of benzene rings is 1. The lowest BCUT2D eigenvalue weighted by Crippen LogP contribution is -2.35. The van der Waals surface area contributed by atoms with Crippen LogP contribution in [0.25, 0.3) is 0 Å². The fourth-order valence-corrected chi connectivity index (χ4v) is 3.96. The van der Waals surface area contributed by atoms with Crippen LogP contribution in [0.15, 0.2) is 34.5 Å². The van der Waals surface area contributed by atoms with Gasteiger partial charge in [-0.3, -0.25) is 9.69 Å². The molecule has 138 valence electrons. The summed E-state index contributed by atoms with van der Waals surface area (Å²) >= 11 is 1.36. The van der Waals surface area contributed by atoms with Gasteiger partial charge >= 0.3 is 5.97 Å². The van der Waals surface area contributed by atoms with Gasteiger partial charge in [0, 0.05) is 11.3 Å². The van der Waals surface area contributed by atoms with E-state index in [2.05, 4.69) is 4.99 Å². The van der Waals surface area contributed by atoms with Crippen molar-refractivity contribution in [3.63, 3.8) is 0 Å². The summed E-state index contributed by atoms with van der Waals surface area (Å²) in [5.41, 5.74) is 1.55. The Balaban J connectivity index is 2.18. The van der Waals surface area contributed by atoms with Gasteiger partial charge in [-0.2, -0.15) is 0 Å². The molecule has 1 fully saturated rings. The van der Waals surface area contributed by atoms with Gasteiger partial charge in [0.05, 0.1) is 32.2 Å². The largest absolute Gasteiger partial charge is 0.497 e. The van der Waals surface area contributed by atoms with Gasteiger partial charge in [0.1, 0.15) is 17.5 Å². The average molecular weight is 376 g/mol. The van der Waals surface area contributed by atoms with Crippen molar-refractivity contribution < 1.29 is 23.8 Å². The van der Waals surface area contributed by atoms with Crippen LogP contribution in [0.5, 0.6) is 11.5 Å². The maximum absolute atomic E-state index is 12.7. The van der Waals surface area contributed by atoms with E-state index in [4.69, 9.17) is 14.2 Å². The summed E-state index contributed by atoms with van der Waals surface area (Å²) in [4.78, 5) is 31.0. The molecule has 1 atom stereocenters. The predicted molar refractivity (Wildman–Crippen MR) is 98.4 cm³/mol. The summed E-state index contributed by atoms with van der Waals surface area (Å²) < 4.78 is 16.0. The minimum Gasteiger partial charge on any atom is -0.497 e. The van der Waals surface area contributed by atoms with Crippen LogP contribution in [0.1, 0.15) is 25.5 Å². The molecule has 26 heavy (non-hydrogen) atoms. The minimum absolute atomic E-state index is 0.0934. The molecule has 1 aromatic rings. The van der Waals surface area contributed by atoms with Crippen LogP contribution in [0.3, 0.4) is 0 Å². The van der Waals surface area contributed by atoms with Gasteiger partial charge < -0.3 is 14.2 Å². The second-order valence-electron chi connectivity index (χ2n) is 5.66. The van der Waals surface area contributed by atoms with E-state index in [1.807, 2.05) is 0 Å². The molecule has 1 amide bonds. The molecule has 1 unspecified atom stereocenters. The lowest BCUT2D eigenvalue weighted by Gasteiger charge is -2.29. The Morgan fingerprint density at radius 3 is 2.77 bits per heavy atom. The van der Waals surface area contributed by atoms with Crippen LogP contribution in [-0.2, 0) is 14.3 Å². The number of ether oxygens (including phenoxy) is 3. The summed E-state index contributed by atoms with van der Waals surface area (Å²) in [6, 6.07) is 4.70. The zero-order chi connectivity index (χ0) is 18.8. The van der Waals surface area contributed by atoms with Gasteiger partial charge in [0.25, 0.3) is 0 Å². The molecule has 0 spiro atoms. The third-order valence-corrected chi connectivity index (χ3v) is 5.17. The Morgan fingerprint density at radius 1 is 1.35 bits per heavy atom. The van der Waals surface area contributed by atoms with E-state index in [1.54, 1.807) is 46.3 Å². The Labute approximate surface area is 156 Å². The van der Waals surface area contributed by atoms with Crippen LogP contribution < -0.4 is 9.47 Å². The van der Waals surface area contributed by atoms with E-state index in [0.717, 1.165) is 0 Å². The number of rotatable bonds is 5. The molecule has 2 heterocycles. The van der Waals surface area contributed by atoms with E-state index >= 15 is 0 Å². The van der Waals surface area contributed by atoms with Gasteiger partial charge in [-0.1, -0.05) is 11.8 Å². The van der Waals surface area contributed by atoms with Crippen molar-refractivity contribution in [2.24, 2.45) is 4.99 Å². The van der Waals surface area contributed by atoms with E-state index in [-0.39, 0.29) is 12.5 Å². The zero-order valence-corrected chi connectivity index (χ0v) is 15.9. The first-order valence-corrected chi connectivity index (χ1v) is 9.13. The quantitative estimate of drug-likeness (QED) is 0.735. The Morgan fingerprint density at radius 2 is 2.12 bits per heavy atom. The number of aliphatic imine (C=N–C) groups is 1. The first-order chi connectivity index (χ1) is 12.5. The Bertz CT molecular complexity index is 818. The molecule has 0 N–H and O–H groups in total. The second-order valence-corrected chi connectivity index (χ2v) is 6.60. The fraction of sp³-hybridized carbons (Fsp3) is 0.389. The van der Waals surface area contributed by atoms with Crippen LogP contribution in [0.2, 0.25) is 0 Å². The number of hydrogen-bond donors (Lipinski definition) is 0. The Hall–Kier alpha value is -2.48. The highest BCUT2D eigenvalue weighted by atomic mass is 32.2.